The fraction of sp³-hybridized carbons (Fsp3) is 0.438. The number of hydrogen-bond acceptors (Lipinski definition) is 2. The molecule has 4 heteroatoms. The van der Waals surface area contributed by atoms with E-state index in [4.69, 9.17) is 4.74 Å². The summed E-state index contributed by atoms with van der Waals surface area (Å²) in [6, 6.07) is 6.46. The number of aromatic nitrogens is 2. The molecule has 0 aliphatic heterocycles. The number of methoxy groups -OCH3 is 1. The van der Waals surface area contributed by atoms with Crippen molar-refractivity contribution in [2.75, 3.05) is 7.11 Å². The zero-order valence-electron chi connectivity index (χ0n) is 12.5. The molecule has 0 unspecified atom stereocenters. The van der Waals surface area contributed by atoms with Gasteiger partial charge in [0.1, 0.15) is 16.2 Å². The summed E-state index contributed by atoms with van der Waals surface area (Å²) in [6.07, 6.45) is 2.98. The summed E-state index contributed by atoms with van der Waals surface area (Å²) in [7, 11) is 3.79. The number of benzene rings is 1. The molecule has 0 fully saturated rings. The predicted molar refractivity (Wildman–Crippen MR) is 85.4 cm³/mol. The largest absolute Gasteiger partial charge is 0.496 e. The second-order valence-corrected chi connectivity index (χ2v) is 5.71. The van der Waals surface area contributed by atoms with E-state index in [0.29, 0.717) is 0 Å². The Hall–Kier alpha value is -1.29. The second kappa shape index (κ2) is 6.44. The van der Waals surface area contributed by atoms with Gasteiger partial charge in [0.25, 0.3) is 0 Å². The van der Waals surface area contributed by atoms with Gasteiger partial charge in [-0.25, -0.2) is 4.98 Å². The van der Waals surface area contributed by atoms with Crippen LogP contribution in [0.3, 0.4) is 0 Å². The molecule has 0 amide bonds. The zero-order chi connectivity index (χ0) is 14.7. The highest BCUT2D eigenvalue weighted by Crippen LogP contribution is 2.23. The van der Waals surface area contributed by atoms with Gasteiger partial charge in [-0.15, -0.1) is 0 Å². The van der Waals surface area contributed by atoms with E-state index in [0.717, 1.165) is 35.4 Å². The smallest absolute Gasteiger partial charge is 0.127 e. The molecule has 0 N–H and O–H groups in total. The molecule has 0 saturated carbocycles. The lowest BCUT2D eigenvalue weighted by Gasteiger charge is -2.10. The van der Waals surface area contributed by atoms with Gasteiger partial charge in [0.2, 0.25) is 0 Å². The van der Waals surface area contributed by atoms with Crippen LogP contribution in [0.4, 0.5) is 0 Å². The molecule has 108 valence electrons. The lowest BCUT2D eigenvalue weighted by molar-refractivity contribution is 0.410. The van der Waals surface area contributed by atoms with Crippen LogP contribution < -0.4 is 4.74 Å². The maximum atomic E-state index is 5.37. The third-order valence-electron chi connectivity index (χ3n) is 3.76. The fourth-order valence-corrected chi connectivity index (χ4v) is 3.13. The van der Waals surface area contributed by atoms with Gasteiger partial charge < -0.3 is 9.30 Å². The van der Waals surface area contributed by atoms with Gasteiger partial charge in [0, 0.05) is 7.05 Å². The van der Waals surface area contributed by atoms with Crippen LogP contribution in [0.1, 0.15) is 29.6 Å². The van der Waals surface area contributed by atoms with E-state index in [1.54, 1.807) is 7.11 Å². The molecule has 3 nitrogen and oxygen atoms in total. The maximum Gasteiger partial charge on any atom is 0.127 e. The first kappa shape index (κ1) is 15.1. The van der Waals surface area contributed by atoms with E-state index in [1.807, 2.05) is 6.92 Å². The van der Waals surface area contributed by atoms with Crippen LogP contribution in [0.2, 0.25) is 0 Å². The number of rotatable bonds is 5. The van der Waals surface area contributed by atoms with Crippen LogP contribution in [0.5, 0.6) is 5.75 Å². The van der Waals surface area contributed by atoms with Gasteiger partial charge in [-0.2, -0.15) is 0 Å². The molecule has 0 saturated heterocycles. The fourth-order valence-electron chi connectivity index (χ4n) is 2.41. The lowest BCUT2D eigenvalue weighted by Crippen LogP contribution is -2.01. The summed E-state index contributed by atoms with van der Waals surface area (Å²) in [4.78, 5) is 4.44. The van der Waals surface area contributed by atoms with Gasteiger partial charge in [-0.05, 0) is 59.3 Å². The third kappa shape index (κ3) is 3.06. The molecule has 2 rings (SSSR count). The van der Waals surface area contributed by atoms with Crippen LogP contribution in [-0.4, -0.2) is 16.7 Å². The van der Waals surface area contributed by atoms with E-state index in [1.165, 1.54) is 16.8 Å². The van der Waals surface area contributed by atoms with Crippen molar-refractivity contribution in [1.29, 1.82) is 0 Å². The molecule has 0 bridgehead atoms. The van der Waals surface area contributed by atoms with Crippen LogP contribution in [-0.2, 0) is 26.3 Å². The number of aryl methyl sites for hydroxylation is 3. The van der Waals surface area contributed by atoms with Crippen LogP contribution in [0.25, 0.3) is 0 Å². The summed E-state index contributed by atoms with van der Waals surface area (Å²) in [5.41, 5.74) is 3.86. The second-order valence-electron chi connectivity index (χ2n) is 4.96. The van der Waals surface area contributed by atoms with Crippen molar-refractivity contribution >= 4 is 15.9 Å². The minimum atomic E-state index is 0.960. The monoisotopic (exact) mass is 336 g/mol. The Morgan fingerprint density at radius 2 is 2.05 bits per heavy atom. The van der Waals surface area contributed by atoms with Gasteiger partial charge in [0.15, 0.2) is 0 Å². The summed E-state index contributed by atoms with van der Waals surface area (Å²) < 4.78 is 8.48. The number of halogens is 1. The SMILES string of the molecule is CCc1cc(CCc2c(Br)nc(C)n2C)ccc1OC. The first-order valence-corrected chi connectivity index (χ1v) is 7.69. The average Bonchev–Trinajstić information content (AvgIpc) is 2.70. The van der Waals surface area contributed by atoms with Crippen LogP contribution in [0, 0.1) is 6.92 Å². The molecular weight excluding hydrogens is 316 g/mol. The highest BCUT2D eigenvalue weighted by atomic mass is 79.9. The van der Waals surface area contributed by atoms with Crippen molar-refractivity contribution in [3.63, 3.8) is 0 Å². The van der Waals surface area contributed by atoms with Crippen molar-refractivity contribution in [2.45, 2.75) is 33.1 Å². The third-order valence-corrected chi connectivity index (χ3v) is 4.40. The topological polar surface area (TPSA) is 27.1 Å². The molecule has 1 heterocycles. The first-order chi connectivity index (χ1) is 9.56. The molecule has 2 aromatic rings. The van der Waals surface area contributed by atoms with Crippen molar-refractivity contribution in [2.24, 2.45) is 7.05 Å². The maximum absolute atomic E-state index is 5.37. The minimum Gasteiger partial charge on any atom is -0.496 e. The Balaban J connectivity index is 2.15. The van der Waals surface area contributed by atoms with E-state index < -0.39 is 0 Å². The van der Waals surface area contributed by atoms with Crippen LogP contribution in [0.15, 0.2) is 22.8 Å². The van der Waals surface area contributed by atoms with Crippen LogP contribution >= 0.6 is 15.9 Å². The number of nitrogens with zero attached hydrogens (tertiary/aromatic N) is 2. The molecule has 1 aromatic carbocycles. The Morgan fingerprint density at radius 1 is 1.30 bits per heavy atom. The zero-order valence-corrected chi connectivity index (χ0v) is 14.1. The van der Waals surface area contributed by atoms with Crippen molar-refractivity contribution in [3.8, 4) is 5.75 Å². The Kier molecular flexibility index (Phi) is 4.86. The molecular formula is C16H21BrN2O. The predicted octanol–water partition coefficient (Wildman–Crippen LogP) is 3.85. The first-order valence-electron chi connectivity index (χ1n) is 6.90. The Bertz CT molecular complexity index is 605. The van der Waals surface area contributed by atoms with Crippen molar-refractivity contribution < 1.29 is 4.74 Å². The Morgan fingerprint density at radius 3 is 2.60 bits per heavy atom. The molecule has 0 radical (unpaired) electrons. The minimum absolute atomic E-state index is 0.960. The number of hydrogen-bond donors (Lipinski definition) is 0. The summed E-state index contributed by atoms with van der Waals surface area (Å²) in [6.45, 7) is 4.18. The van der Waals surface area contributed by atoms with Gasteiger partial charge in [-0.1, -0.05) is 19.1 Å². The lowest BCUT2D eigenvalue weighted by atomic mass is 10.0. The van der Waals surface area contributed by atoms with Gasteiger partial charge in [0.05, 0.1) is 12.8 Å². The Labute approximate surface area is 129 Å². The molecule has 0 spiro atoms. The van der Waals surface area contributed by atoms with Gasteiger partial charge in [-0.3, -0.25) is 0 Å². The van der Waals surface area contributed by atoms with Gasteiger partial charge >= 0.3 is 0 Å². The molecule has 0 aliphatic carbocycles. The van der Waals surface area contributed by atoms with Crippen molar-refractivity contribution in [1.82, 2.24) is 9.55 Å². The highest BCUT2D eigenvalue weighted by Gasteiger charge is 2.10. The van der Waals surface area contributed by atoms with E-state index >= 15 is 0 Å². The summed E-state index contributed by atoms with van der Waals surface area (Å²) in [5.74, 6) is 2.02. The normalized spacial score (nSPS) is 10.8. The molecule has 1 aromatic heterocycles. The van der Waals surface area contributed by atoms with E-state index in [2.05, 4.69) is 57.7 Å². The average molecular weight is 337 g/mol. The summed E-state index contributed by atoms with van der Waals surface area (Å²) in [5, 5.41) is 0. The summed E-state index contributed by atoms with van der Waals surface area (Å²) >= 11 is 3.54. The number of ether oxygens (including phenoxy) is 1. The van der Waals surface area contributed by atoms with E-state index in [-0.39, 0.29) is 0 Å². The number of imidazole rings is 1. The van der Waals surface area contributed by atoms with E-state index in [9.17, 15) is 0 Å². The molecule has 20 heavy (non-hydrogen) atoms. The quantitative estimate of drug-likeness (QED) is 0.829. The highest BCUT2D eigenvalue weighted by molar-refractivity contribution is 9.10. The molecule has 0 aliphatic rings. The molecule has 0 atom stereocenters. The van der Waals surface area contributed by atoms with Crippen molar-refractivity contribution in [3.05, 3.63) is 45.4 Å². The standard InChI is InChI=1S/C16H21BrN2O/c1-5-13-10-12(7-9-15(13)20-4)6-8-14-16(17)18-11(2)19(14)3/h7,9-10H,5-6,8H2,1-4H3.